The van der Waals surface area contributed by atoms with Gasteiger partial charge in [-0.15, -0.1) is 0 Å². The number of ketones is 1. The molecular formula is C22H13Cl3F10O. The molecule has 1 nitrogen and oxygen atoms in total. The number of alkyl halides is 9. The molecule has 0 heterocycles. The number of rotatable bonds is 6. The fraction of sp³-hybridized carbons (Fsp3) is 0.318. The van der Waals surface area contributed by atoms with Crippen molar-refractivity contribution in [1.82, 2.24) is 0 Å². The van der Waals surface area contributed by atoms with Crippen LogP contribution in [0.1, 0.15) is 46.3 Å². The Morgan fingerprint density at radius 2 is 1.42 bits per heavy atom. The average molecular weight is 590 g/mol. The Morgan fingerprint density at radius 3 is 1.86 bits per heavy atom. The molecule has 0 aliphatic carbocycles. The first kappa shape index (κ1) is 30.2. The van der Waals surface area contributed by atoms with E-state index in [0.717, 1.165) is 12.1 Å². The monoisotopic (exact) mass is 588 g/mol. The summed E-state index contributed by atoms with van der Waals surface area (Å²) in [7, 11) is 0. The molecule has 0 N–H and O–H groups in total. The van der Waals surface area contributed by atoms with Crippen LogP contribution in [0.2, 0.25) is 15.1 Å². The van der Waals surface area contributed by atoms with Gasteiger partial charge in [0.2, 0.25) is 0 Å². The number of halogens is 13. The predicted octanol–water partition coefficient (Wildman–Crippen LogP) is 10.1. The summed E-state index contributed by atoms with van der Waals surface area (Å²) in [5.41, 5.74) is -4.65. The molecule has 0 aromatic heterocycles. The first-order valence-electron chi connectivity index (χ1n) is 9.63. The minimum absolute atomic E-state index is 0.0292. The largest absolute Gasteiger partial charge is 0.417 e. The Morgan fingerprint density at radius 1 is 0.889 bits per heavy atom. The number of carbonyl (C=O) groups is 1. The number of carbonyl (C=O) groups excluding carboxylic acids is 1. The first-order chi connectivity index (χ1) is 16.2. The zero-order chi connectivity index (χ0) is 27.8. The molecule has 0 bridgehead atoms. The van der Waals surface area contributed by atoms with Crippen molar-refractivity contribution < 1.29 is 48.7 Å². The van der Waals surface area contributed by atoms with E-state index >= 15 is 0 Å². The van der Waals surface area contributed by atoms with Gasteiger partial charge in [-0.2, -0.15) is 39.5 Å². The molecule has 0 radical (unpaired) electrons. The van der Waals surface area contributed by atoms with Crippen LogP contribution in [-0.2, 0) is 6.18 Å². The van der Waals surface area contributed by atoms with Crippen molar-refractivity contribution in [3.63, 3.8) is 0 Å². The fourth-order valence-electron chi connectivity index (χ4n) is 3.05. The third-order valence-electron chi connectivity index (χ3n) is 4.98. The lowest BCUT2D eigenvalue weighted by molar-refractivity contribution is -0.168. The highest BCUT2D eigenvalue weighted by Crippen LogP contribution is 2.43. The Bertz CT molecular complexity index is 1140. The topological polar surface area (TPSA) is 17.1 Å². The Kier molecular flexibility index (Phi) is 9.06. The maximum atomic E-state index is 14.8. The zero-order valence-electron chi connectivity index (χ0n) is 17.6. The first-order valence-corrected chi connectivity index (χ1v) is 10.8. The molecule has 36 heavy (non-hydrogen) atoms. The van der Waals surface area contributed by atoms with E-state index in [9.17, 15) is 48.7 Å². The molecule has 2 rings (SSSR count). The van der Waals surface area contributed by atoms with E-state index in [1.54, 1.807) is 0 Å². The van der Waals surface area contributed by atoms with E-state index in [2.05, 4.69) is 0 Å². The second kappa shape index (κ2) is 10.8. The number of Topliss-reactive ketones (excluding diaryl/α,β-unsaturated/α-hetero) is 1. The molecule has 0 fully saturated rings. The second-order valence-corrected chi connectivity index (χ2v) is 8.85. The van der Waals surface area contributed by atoms with Gasteiger partial charge in [0.1, 0.15) is 11.7 Å². The highest BCUT2D eigenvalue weighted by Gasteiger charge is 2.42. The van der Waals surface area contributed by atoms with E-state index in [1.165, 1.54) is 0 Å². The number of allylic oxidation sites excluding steroid dienone is 1. The van der Waals surface area contributed by atoms with Crippen LogP contribution >= 0.6 is 34.8 Å². The molecular weight excluding hydrogens is 577 g/mol. The van der Waals surface area contributed by atoms with Gasteiger partial charge >= 0.3 is 18.5 Å². The lowest BCUT2D eigenvalue weighted by atomic mass is 9.93. The molecule has 0 spiro atoms. The quantitative estimate of drug-likeness (QED) is 0.186. The molecule has 198 valence electrons. The van der Waals surface area contributed by atoms with Gasteiger partial charge < -0.3 is 0 Å². The van der Waals surface area contributed by atoms with Crippen LogP contribution in [0.4, 0.5) is 43.9 Å². The third-order valence-corrected chi connectivity index (χ3v) is 6.18. The highest BCUT2D eigenvalue weighted by atomic mass is 35.5. The Balaban J connectivity index is 2.57. The molecule has 14 heteroatoms. The summed E-state index contributed by atoms with van der Waals surface area (Å²) in [5, 5.41) is -1.06. The predicted molar refractivity (Wildman–Crippen MR) is 115 cm³/mol. The van der Waals surface area contributed by atoms with Crippen LogP contribution in [-0.4, -0.2) is 18.1 Å². The minimum atomic E-state index is -5.33. The number of hydrogen-bond donors (Lipinski definition) is 0. The average Bonchev–Trinajstić information content (AvgIpc) is 2.72. The van der Waals surface area contributed by atoms with Crippen LogP contribution in [0.5, 0.6) is 0 Å². The molecule has 0 saturated heterocycles. The normalized spacial score (nSPS) is 15.1. The lowest BCUT2D eigenvalue weighted by Crippen LogP contribution is -2.24. The van der Waals surface area contributed by atoms with E-state index in [-0.39, 0.29) is 17.2 Å². The number of benzene rings is 2. The van der Waals surface area contributed by atoms with Crippen molar-refractivity contribution in [1.29, 1.82) is 0 Å². The standard InChI is InChI=1S/C22H13Cl3F10O/c1-9(20(27,28)29)4-18(36)12-3-2-10(5-14(12)22(33,34)35)17(26)8-13(21(30,31)32)11-6-15(23)19(25)16(24)7-11/h2-3,5-9,13H,4H2,1H3/b17-8-. The van der Waals surface area contributed by atoms with E-state index in [1.807, 2.05) is 0 Å². The van der Waals surface area contributed by atoms with Gasteiger partial charge in [0.05, 0.1) is 26.5 Å². The maximum absolute atomic E-state index is 14.8. The smallest absolute Gasteiger partial charge is 0.294 e. The summed E-state index contributed by atoms with van der Waals surface area (Å²) in [6.45, 7) is 0.592. The number of hydrogen-bond acceptors (Lipinski definition) is 1. The second-order valence-electron chi connectivity index (χ2n) is 7.66. The van der Waals surface area contributed by atoms with E-state index in [4.69, 9.17) is 34.8 Å². The molecule has 0 aliphatic heterocycles. The fourth-order valence-corrected chi connectivity index (χ4v) is 3.66. The van der Waals surface area contributed by atoms with Crippen molar-refractivity contribution in [2.24, 2.45) is 5.92 Å². The van der Waals surface area contributed by atoms with Crippen LogP contribution < -0.4 is 0 Å². The van der Waals surface area contributed by atoms with Gasteiger partial charge in [-0.05, 0) is 29.8 Å². The summed E-state index contributed by atoms with van der Waals surface area (Å²) in [4.78, 5) is 12.1. The van der Waals surface area contributed by atoms with Crippen LogP contribution in [0.15, 0.2) is 36.4 Å². The van der Waals surface area contributed by atoms with Crippen molar-refractivity contribution in [2.45, 2.75) is 37.8 Å². The van der Waals surface area contributed by atoms with Crippen molar-refractivity contribution >= 4 is 46.4 Å². The van der Waals surface area contributed by atoms with Crippen molar-refractivity contribution in [3.05, 3.63) is 73.7 Å². The molecule has 2 unspecified atom stereocenters. The zero-order valence-corrected chi connectivity index (χ0v) is 19.9. The van der Waals surface area contributed by atoms with Gasteiger partial charge in [0, 0.05) is 17.5 Å². The van der Waals surface area contributed by atoms with Crippen LogP contribution in [0.3, 0.4) is 0 Å². The minimum Gasteiger partial charge on any atom is -0.294 e. The third kappa shape index (κ3) is 7.29. The molecule has 0 saturated carbocycles. The summed E-state index contributed by atoms with van der Waals surface area (Å²) in [6, 6.07) is 2.52. The highest BCUT2D eigenvalue weighted by molar-refractivity contribution is 6.48. The Hall–Kier alpha value is -1.98. The summed E-state index contributed by atoms with van der Waals surface area (Å²) < 4.78 is 135. The van der Waals surface area contributed by atoms with Gasteiger partial charge in [-0.1, -0.05) is 53.9 Å². The van der Waals surface area contributed by atoms with Crippen LogP contribution in [0, 0.1) is 5.92 Å². The SMILES string of the molecule is CC(CC(=O)c1ccc(/C(F)=C/C(c2cc(Cl)c(Cl)c(Cl)c2)C(F)(F)F)cc1C(F)(F)F)C(F)(F)F. The van der Waals surface area contributed by atoms with Crippen LogP contribution in [0.25, 0.3) is 5.83 Å². The summed E-state index contributed by atoms with van der Waals surface area (Å²) >= 11 is 17.1. The van der Waals surface area contributed by atoms with Gasteiger partial charge in [0.25, 0.3) is 0 Å². The molecule has 2 aromatic rings. The van der Waals surface area contributed by atoms with Crippen molar-refractivity contribution in [3.8, 4) is 0 Å². The van der Waals surface area contributed by atoms with Crippen molar-refractivity contribution in [2.75, 3.05) is 0 Å². The molecule has 0 amide bonds. The Labute approximate surface area is 212 Å². The van der Waals surface area contributed by atoms with E-state index in [0.29, 0.717) is 19.1 Å². The molecule has 2 atom stereocenters. The van der Waals surface area contributed by atoms with E-state index < -0.39 is 80.7 Å². The van der Waals surface area contributed by atoms with Gasteiger partial charge in [-0.25, -0.2) is 4.39 Å². The summed E-state index contributed by atoms with van der Waals surface area (Å²) in [5.74, 6) is -8.27. The molecule has 2 aromatic carbocycles. The summed E-state index contributed by atoms with van der Waals surface area (Å²) in [6.07, 6.45) is -16.7. The molecule has 0 aliphatic rings. The van der Waals surface area contributed by atoms with Gasteiger partial charge in [0.15, 0.2) is 5.78 Å². The van der Waals surface area contributed by atoms with Gasteiger partial charge in [-0.3, -0.25) is 4.79 Å². The maximum Gasteiger partial charge on any atom is 0.417 e. The lowest BCUT2D eigenvalue weighted by Gasteiger charge is -2.19.